The van der Waals surface area contributed by atoms with Crippen molar-refractivity contribution < 1.29 is 0 Å². The zero-order valence-electron chi connectivity index (χ0n) is 33.6. The summed E-state index contributed by atoms with van der Waals surface area (Å²) in [4.78, 5) is 15.5. The monoisotopic (exact) mass is 791 g/mol. The second kappa shape index (κ2) is 14.7. The predicted octanol–water partition coefficient (Wildman–Crippen LogP) is 14.4. The second-order valence-corrected chi connectivity index (χ2v) is 15.7. The van der Waals surface area contributed by atoms with Crippen LogP contribution in [0.4, 0.5) is 0 Å². The lowest BCUT2D eigenvalue weighted by atomic mass is 9.95. The first-order valence-corrected chi connectivity index (χ1v) is 20.9. The molecule has 0 N–H and O–H groups in total. The molecule has 5 heteroatoms. The molecule has 0 aliphatic carbocycles. The minimum atomic E-state index is 0.565. The van der Waals surface area contributed by atoms with Crippen molar-refractivity contribution in [3.8, 4) is 67.8 Å². The van der Waals surface area contributed by atoms with Crippen LogP contribution < -0.4 is 0 Å². The van der Waals surface area contributed by atoms with Crippen molar-refractivity contribution in [1.29, 1.82) is 0 Å². The van der Waals surface area contributed by atoms with Crippen LogP contribution in [-0.4, -0.2) is 24.1 Å². The molecule has 0 fully saturated rings. The van der Waals surface area contributed by atoms with E-state index >= 15 is 0 Å². The molecule has 12 rings (SSSR count). The highest BCUT2D eigenvalue weighted by atomic mass is 15.2. The molecule has 3 aromatic heterocycles. The summed E-state index contributed by atoms with van der Waals surface area (Å²) in [5.74, 6) is 1.81. The summed E-state index contributed by atoms with van der Waals surface area (Å²) in [6.45, 7) is 0. The standard InChI is InChI=1S/C57H37N5/c1-5-18-38(19-6-1)42-26-17-27-44(34-42)45-33-32-43(39-20-7-2-8-21-39)35-52(45)61-50-30-15-13-28-46(50)48-36-49-47-29-14-16-31-51(47)62(54(49)37-53(48)61)57-59-55(40-22-9-3-10-23-40)58-56(60-57)41-24-11-4-12-25-41/h1-37H. The van der Waals surface area contributed by atoms with Gasteiger partial charge in [0.2, 0.25) is 5.95 Å². The van der Waals surface area contributed by atoms with Gasteiger partial charge in [0.25, 0.3) is 0 Å². The normalized spacial score (nSPS) is 11.5. The van der Waals surface area contributed by atoms with Crippen molar-refractivity contribution in [3.05, 3.63) is 224 Å². The predicted molar refractivity (Wildman–Crippen MR) is 256 cm³/mol. The van der Waals surface area contributed by atoms with Crippen molar-refractivity contribution in [1.82, 2.24) is 24.1 Å². The molecular weight excluding hydrogens is 755 g/mol. The summed E-state index contributed by atoms with van der Waals surface area (Å²) in [6, 6.07) is 79.5. The van der Waals surface area contributed by atoms with Gasteiger partial charge in [-0.15, -0.1) is 0 Å². The first-order valence-electron chi connectivity index (χ1n) is 20.9. The summed E-state index contributed by atoms with van der Waals surface area (Å²) >= 11 is 0. The highest BCUT2D eigenvalue weighted by Gasteiger charge is 2.22. The van der Waals surface area contributed by atoms with E-state index in [1.807, 2.05) is 36.4 Å². The highest BCUT2D eigenvalue weighted by molar-refractivity contribution is 6.19. The Morgan fingerprint density at radius 3 is 1.29 bits per heavy atom. The summed E-state index contributed by atoms with van der Waals surface area (Å²) in [7, 11) is 0. The maximum atomic E-state index is 5.24. The lowest BCUT2D eigenvalue weighted by molar-refractivity contribution is 0.953. The number of hydrogen-bond donors (Lipinski definition) is 0. The van der Waals surface area contributed by atoms with Crippen LogP contribution in [0.25, 0.3) is 111 Å². The van der Waals surface area contributed by atoms with Gasteiger partial charge in [-0.3, -0.25) is 4.57 Å². The van der Waals surface area contributed by atoms with Crippen molar-refractivity contribution in [3.63, 3.8) is 0 Å². The lowest BCUT2D eigenvalue weighted by Gasteiger charge is -2.17. The fraction of sp³-hybridized carbons (Fsp3) is 0. The quantitative estimate of drug-likeness (QED) is 0.162. The number of hydrogen-bond acceptors (Lipinski definition) is 3. The summed E-state index contributed by atoms with van der Waals surface area (Å²) in [5.41, 5.74) is 14.2. The van der Waals surface area contributed by atoms with Crippen molar-refractivity contribution >= 4 is 43.6 Å². The molecule has 0 amide bonds. The van der Waals surface area contributed by atoms with E-state index in [0.29, 0.717) is 17.6 Å². The molecule has 0 saturated carbocycles. The summed E-state index contributed by atoms with van der Waals surface area (Å²) in [5, 5.41) is 4.63. The fourth-order valence-electron chi connectivity index (χ4n) is 9.07. The zero-order chi connectivity index (χ0) is 41.0. The SMILES string of the molecule is c1ccc(-c2cccc(-c3ccc(-c4ccccc4)cc3-n3c4ccccc4c4cc5c6ccccc6n(-c6nc(-c7ccccc7)nc(-c7ccccc7)n6)c5cc43)c2)cc1. The molecule has 9 aromatic carbocycles. The lowest BCUT2D eigenvalue weighted by Crippen LogP contribution is -2.06. The van der Waals surface area contributed by atoms with Gasteiger partial charge in [0.15, 0.2) is 11.6 Å². The number of para-hydroxylation sites is 2. The van der Waals surface area contributed by atoms with Crippen LogP contribution in [-0.2, 0) is 0 Å². The fourth-order valence-corrected chi connectivity index (χ4v) is 9.07. The number of benzene rings is 9. The van der Waals surface area contributed by atoms with E-state index in [-0.39, 0.29) is 0 Å². The van der Waals surface area contributed by atoms with Crippen LogP contribution >= 0.6 is 0 Å². The third-order valence-electron chi connectivity index (χ3n) is 12.0. The van der Waals surface area contributed by atoms with Gasteiger partial charge in [-0.25, -0.2) is 4.98 Å². The molecule has 0 spiro atoms. The van der Waals surface area contributed by atoms with Gasteiger partial charge in [0.1, 0.15) is 0 Å². The molecule has 0 saturated heterocycles. The summed E-state index contributed by atoms with van der Waals surface area (Å²) < 4.78 is 4.68. The Morgan fingerprint density at radius 1 is 0.258 bits per heavy atom. The Kier molecular flexibility index (Phi) is 8.42. The van der Waals surface area contributed by atoms with Gasteiger partial charge >= 0.3 is 0 Å². The van der Waals surface area contributed by atoms with E-state index < -0.39 is 0 Å². The molecule has 0 atom stereocenters. The van der Waals surface area contributed by atoms with Crippen LogP contribution in [0.15, 0.2) is 224 Å². The Morgan fingerprint density at radius 2 is 0.710 bits per heavy atom. The van der Waals surface area contributed by atoms with Gasteiger partial charge < -0.3 is 4.57 Å². The Hall–Kier alpha value is -8.41. The molecule has 0 aliphatic rings. The maximum absolute atomic E-state index is 5.24. The van der Waals surface area contributed by atoms with Crippen LogP contribution in [0, 0.1) is 0 Å². The van der Waals surface area contributed by atoms with Crippen LogP contribution in [0.1, 0.15) is 0 Å². The Bertz CT molecular complexity index is 3550. The van der Waals surface area contributed by atoms with Crippen molar-refractivity contribution in [2.24, 2.45) is 0 Å². The van der Waals surface area contributed by atoms with E-state index in [1.165, 1.54) is 27.5 Å². The van der Waals surface area contributed by atoms with Crippen molar-refractivity contribution in [2.75, 3.05) is 0 Å². The van der Waals surface area contributed by atoms with Gasteiger partial charge in [-0.1, -0.05) is 188 Å². The Balaban J connectivity index is 1.17. The zero-order valence-corrected chi connectivity index (χ0v) is 33.6. The van der Waals surface area contributed by atoms with Crippen LogP contribution in [0.5, 0.6) is 0 Å². The summed E-state index contributed by atoms with van der Waals surface area (Å²) in [6.07, 6.45) is 0. The highest BCUT2D eigenvalue weighted by Crippen LogP contribution is 2.42. The smallest absolute Gasteiger partial charge is 0.238 e. The molecule has 0 aliphatic heterocycles. The average Bonchev–Trinajstić information content (AvgIpc) is 3.86. The van der Waals surface area contributed by atoms with Gasteiger partial charge in [0.05, 0.1) is 27.8 Å². The van der Waals surface area contributed by atoms with E-state index in [1.54, 1.807) is 0 Å². The molecule has 290 valence electrons. The topological polar surface area (TPSA) is 48.5 Å². The van der Waals surface area contributed by atoms with Crippen LogP contribution in [0.3, 0.4) is 0 Å². The third-order valence-corrected chi connectivity index (χ3v) is 12.0. The molecule has 0 radical (unpaired) electrons. The molecule has 3 heterocycles. The van der Waals surface area contributed by atoms with Crippen molar-refractivity contribution in [2.45, 2.75) is 0 Å². The van der Waals surface area contributed by atoms with E-state index in [0.717, 1.165) is 66.3 Å². The molecule has 0 bridgehead atoms. The maximum Gasteiger partial charge on any atom is 0.238 e. The Labute approximate surface area is 358 Å². The molecule has 0 unspecified atom stereocenters. The van der Waals surface area contributed by atoms with Crippen LogP contribution in [0.2, 0.25) is 0 Å². The van der Waals surface area contributed by atoms with E-state index in [9.17, 15) is 0 Å². The average molecular weight is 792 g/mol. The number of aromatic nitrogens is 5. The largest absolute Gasteiger partial charge is 0.309 e. The molecular formula is C57H37N5. The second-order valence-electron chi connectivity index (χ2n) is 15.7. The number of rotatable bonds is 7. The van der Waals surface area contributed by atoms with E-state index in [2.05, 4.69) is 197 Å². The van der Waals surface area contributed by atoms with E-state index in [4.69, 9.17) is 15.0 Å². The molecule has 62 heavy (non-hydrogen) atoms. The number of fused-ring (bicyclic) bond motifs is 6. The number of nitrogens with zero attached hydrogens (tertiary/aromatic N) is 5. The first kappa shape index (κ1) is 35.5. The minimum absolute atomic E-state index is 0.565. The third kappa shape index (κ3) is 5.98. The van der Waals surface area contributed by atoms with Gasteiger partial charge in [0, 0.05) is 38.2 Å². The first-order chi connectivity index (χ1) is 30.7. The molecule has 5 nitrogen and oxygen atoms in total. The molecule has 12 aromatic rings. The van der Waals surface area contributed by atoms with Gasteiger partial charge in [-0.2, -0.15) is 9.97 Å². The van der Waals surface area contributed by atoms with Gasteiger partial charge in [-0.05, 0) is 64.2 Å². The minimum Gasteiger partial charge on any atom is -0.309 e.